The van der Waals surface area contributed by atoms with Gasteiger partial charge in [0.15, 0.2) is 0 Å². The standard InChI is InChI=1S/C26H33N3O5/c1-16(2)23(24(30)27-22(25(31)32)13-14-29(3)4)28-26(33)34-15-21-19-11-7-5-9-17(19)18-10-6-8-12-20(18)21/h5-12,16,21-23H,13-15H2,1-4H3,(H,27,30)(H,28,33)(H,31,32)/t22?,23-/m0/s1. The Labute approximate surface area is 200 Å². The molecule has 0 saturated carbocycles. The number of carboxylic acid groups (broad SMARTS) is 1. The largest absolute Gasteiger partial charge is 0.480 e. The minimum Gasteiger partial charge on any atom is -0.480 e. The zero-order valence-electron chi connectivity index (χ0n) is 20.1. The Morgan fingerprint density at radius 3 is 2.03 bits per heavy atom. The maximum absolute atomic E-state index is 12.8. The maximum atomic E-state index is 12.8. The number of carbonyl (C=O) groups excluding carboxylic acids is 2. The van der Waals surface area contributed by atoms with Gasteiger partial charge in [0.2, 0.25) is 5.91 Å². The summed E-state index contributed by atoms with van der Waals surface area (Å²) in [4.78, 5) is 38.9. The highest BCUT2D eigenvalue weighted by atomic mass is 16.5. The van der Waals surface area contributed by atoms with Crippen LogP contribution in [-0.4, -0.2) is 67.3 Å². The highest BCUT2D eigenvalue weighted by Crippen LogP contribution is 2.44. The average molecular weight is 468 g/mol. The smallest absolute Gasteiger partial charge is 0.407 e. The van der Waals surface area contributed by atoms with E-state index in [4.69, 9.17) is 4.74 Å². The van der Waals surface area contributed by atoms with Crippen LogP contribution in [0.3, 0.4) is 0 Å². The molecule has 3 rings (SSSR count). The lowest BCUT2D eigenvalue weighted by molar-refractivity contribution is -0.142. The van der Waals surface area contributed by atoms with E-state index >= 15 is 0 Å². The van der Waals surface area contributed by atoms with Crippen LogP contribution in [0.15, 0.2) is 48.5 Å². The third-order valence-electron chi connectivity index (χ3n) is 6.05. The number of ether oxygens (including phenoxy) is 1. The van der Waals surface area contributed by atoms with Crippen molar-refractivity contribution in [3.8, 4) is 11.1 Å². The Bertz CT molecular complexity index is 991. The number of fused-ring (bicyclic) bond motifs is 3. The first-order valence-electron chi connectivity index (χ1n) is 11.5. The first-order valence-corrected chi connectivity index (χ1v) is 11.5. The molecule has 182 valence electrons. The number of nitrogens with zero attached hydrogens (tertiary/aromatic N) is 1. The molecule has 0 spiro atoms. The number of benzene rings is 2. The van der Waals surface area contributed by atoms with Gasteiger partial charge < -0.3 is 25.4 Å². The lowest BCUT2D eigenvalue weighted by Crippen LogP contribution is -2.54. The Hall–Kier alpha value is -3.39. The van der Waals surface area contributed by atoms with Crippen LogP contribution in [-0.2, 0) is 14.3 Å². The summed E-state index contributed by atoms with van der Waals surface area (Å²) in [7, 11) is 3.66. The van der Waals surface area contributed by atoms with E-state index < -0.39 is 30.1 Å². The molecule has 2 aromatic carbocycles. The van der Waals surface area contributed by atoms with E-state index in [1.54, 1.807) is 13.8 Å². The fourth-order valence-electron chi connectivity index (χ4n) is 4.21. The zero-order chi connectivity index (χ0) is 24.8. The molecular formula is C26H33N3O5. The normalized spacial score (nSPS) is 14.3. The predicted molar refractivity (Wildman–Crippen MR) is 130 cm³/mol. The molecule has 0 bridgehead atoms. The van der Waals surface area contributed by atoms with Crippen LogP contribution < -0.4 is 10.6 Å². The summed E-state index contributed by atoms with van der Waals surface area (Å²) in [6, 6.07) is 14.1. The second kappa shape index (κ2) is 11.2. The number of amides is 2. The molecule has 2 amide bonds. The summed E-state index contributed by atoms with van der Waals surface area (Å²) in [6.45, 7) is 4.20. The average Bonchev–Trinajstić information content (AvgIpc) is 3.12. The van der Waals surface area contributed by atoms with Crippen molar-refractivity contribution in [3.05, 3.63) is 59.7 Å². The fourth-order valence-corrected chi connectivity index (χ4v) is 4.21. The van der Waals surface area contributed by atoms with Gasteiger partial charge in [-0.1, -0.05) is 62.4 Å². The number of rotatable bonds is 10. The summed E-state index contributed by atoms with van der Waals surface area (Å²) < 4.78 is 5.55. The molecule has 8 nitrogen and oxygen atoms in total. The van der Waals surface area contributed by atoms with Gasteiger partial charge in [0.1, 0.15) is 18.7 Å². The van der Waals surface area contributed by atoms with Gasteiger partial charge in [0, 0.05) is 12.5 Å². The number of aliphatic carboxylic acids is 1. The molecule has 1 unspecified atom stereocenters. The molecular weight excluding hydrogens is 434 g/mol. The fraction of sp³-hybridized carbons (Fsp3) is 0.423. The van der Waals surface area contributed by atoms with E-state index in [0.29, 0.717) is 6.54 Å². The van der Waals surface area contributed by atoms with Crippen molar-refractivity contribution in [2.75, 3.05) is 27.2 Å². The van der Waals surface area contributed by atoms with Crippen LogP contribution in [0.1, 0.15) is 37.3 Å². The van der Waals surface area contributed by atoms with E-state index in [-0.39, 0.29) is 24.9 Å². The zero-order valence-corrected chi connectivity index (χ0v) is 20.1. The van der Waals surface area contributed by atoms with Crippen molar-refractivity contribution in [1.82, 2.24) is 15.5 Å². The van der Waals surface area contributed by atoms with Gasteiger partial charge in [0.05, 0.1) is 0 Å². The van der Waals surface area contributed by atoms with Gasteiger partial charge in [-0.2, -0.15) is 0 Å². The number of nitrogens with one attached hydrogen (secondary N) is 2. The molecule has 8 heteroatoms. The van der Waals surface area contributed by atoms with Crippen molar-refractivity contribution >= 4 is 18.0 Å². The molecule has 2 atom stereocenters. The predicted octanol–water partition coefficient (Wildman–Crippen LogP) is 3.07. The Balaban J connectivity index is 1.63. The summed E-state index contributed by atoms with van der Waals surface area (Å²) >= 11 is 0. The lowest BCUT2D eigenvalue weighted by atomic mass is 9.98. The van der Waals surface area contributed by atoms with E-state index in [1.807, 2.05) is 55.4 Å². The molecule has 0 fully saturated rings. The minimum absolute atomic E-state index is 0.0908. The first-order chi connectivity index (χ1) is 16.2. The van der Waals surface area contributed by atoms with Crippen LogP contribution in [0.5, 0.6) is 0 Å². The molecule has 0 saturated heterocycles. The second-order valence-electron chi connectivity index (χ2n) is 9.18. The molecule has 0 aliphatic heterocycles. The number of hydrogen-bond acceptors (Lipinski definition) is 5. The molecule has 1 aliphatic carbocycles. The quantitative estimate of drug-likeness (QED) is 0.496. The molecule has 0 heterocycles. The van der Waals surface area contributed by atoms with Crippen molar-refractivity contribution in [1.29, 1.82) is 0 Å². The number of carboxylic acids is 1. The molecule has 0 aromatic heterocycles. The minimum atomic E-state index is -1.11. The second-order valence-corrected chi connectivity index (χ2v) is 9.18. The molecule has 34 heavy (non-hydrogen) atoms. The summed E-state index contributed by atoms with van der Waals surface area (Å²) in [5.74, 6) is -2.01. The number of carbonyl (C=O) groups is 3. The molecule has 1 aliphatic rings. The number of hydrogen-bond donors (Lipinski definition) is 3. The Kier molecular flexibility index (Phi) is 8.28. The van der Waals surface area contributed by atoms with Crippen molar-refractivity contribution < 1.29 is 24.2 Å². The lowest BCUT2D eigenvalue weighted by Gasteiger charge is -2.24. The van der Waals surface area contributed by atoms with Crippen molar-refractivity contribution in [3.63, 3.8) is 0 Å². The van der Waals surface area contributed by atoms with Gasteiger partial charge in [-0.05, 0) is 48.7 Å². The van der Waals surface area contributed by atoms with E-state index in [1.165, 1.54) is 0 Å². The molecule has 0 radical (unpaired) electrons. The van der Waals surface area contributed by atoms with E-state index in [0.717, 1.165) is 22.3 Å². The topological polar surface area (TPSA) is 108 Å². The molecule has 3 N–H and O–H groups in total. The number of alkyl carbamates (subject to hydrolysis) is 1. The summed E-state index contributed by atoms with van der Waals surface area (Å²) in [5, 5.41) is 14.6. The third-order valence-corrected chi connectivity index (χ3v) is 6.05. The Morgan fingerprint density at radius 2 is 1.53 bits per heavy atom. The van der Waals surface area contributed by atoms with Crippen molar-refractivity contribution in [2.45, 2.75) is 38.3 Å². The Morgan fingerprint density at radius 1 is 0.971 bits per heavy atom. The summed E-state index contributed by atoms with van der Waals surface area (Å²) in [6.07, 6.45) is -0.458. The van der Waals surface area contributed by atoms with Crippen LogP contribution in [0.25, 0.3) is 11.1 Å². The van der Waals surface area contributed by atoms with Gasteiger partial charge >= 0.3 is 12.1 Å². The third kappa shape index (κ3) is 5.94. The van der Waals surface area contributed by atoms with Crippen LogP contribution >= 0.6 is 0 Å². The summed E-state index contributed by atoms with van der Waals surface area (Å²) in [5.41, 5.74) is 4.45. The van der Waals surface area contributed by atoms with Crippen LogP contribution in [0.2, 0.25) is 0 Å². The van der Waals surface area contributed by atoms with Crippen LogP contribution in [0.4, 0.5) is 4.79 Å². The highest BCUT2D eigenvalue weighted by Gasteiger charge is 2.31. The van der Waals surface area contributed by atoms with Gasteiger partial charge in [0.25, 0.3) is 0 Å². The van der Waals surface area contributed by atoms with Gasteiger partial charge in [-0.25, -0.2) is 9.59 Å². The van der Waals surface area contributed by atoms with Crippen LogP contribution in [0, 0.1) is 5.92 Å². The molecule has 2 aromatic rings. The maximum Gasteiger partial charge on any atom is 0.407 e. The van der Waals surface area contributed by atoms with Gasteiger partial charge in [-0.3, -0.25) is 4.79 Å². The van der Waals surface area contributed by atoms with Gasteiger partial charge in [-0.15, -0.1) is 0 Å². The monoisotopic (exact) mass is 467 g/mol. The van der Waals surface area contributed by atoms with E-state index in [9.17, 15) is 19.5 Å². The van der Waals surface area contributed by atoms with E-state index in [2.05, 4.69) is 22.8 Å². The highest BCUT2D eigenvalue weighted by molar-refractivity contribution is 5.89. The first kappa shape index (κ1) is 25.2. The van der Waals surface area contributed by atoms with Crippen molar-refractivity contribution in [2.24, 2.45) is 5.92 Å². The SMILES string of the molecule is CC(C)[C@H](NC(=O)OCC1c2ccccc2-c2ccccc21)C(=O)NC(CCN(C)C)C(=O)O.